The lowest BCUT2D eigenvalue weighted by Gasteiger charge is -2.26. The van der Waals surface area contributed by atoms with Gasteiger partial charge in [-0.3, -0.25) is 4.79 Å². The molecule has 1 amide bonds. The summed E-state index contributed by atoms with van der Waals surface area (Å²) < 4.78 is 13.8. The van der Waals surface area contributed by atoms with Crippen LogP contribution in [0.4, 0.5) is 4.39 Å². The van der Waals surface area contributed by atoms with Crippen molar-refractivity contribution in [3.05, 3.63) is 41.2 Å². The summed E-state index contributed by atoms with van der Waals surface area (Å²) in [4.78, 5) is 19.2. The van der Waals surface area contributed by atoms with Gasteiger partial charge in [0.05, 0.1) is 6.20 Å². The predicted octanol–water partition coefficient (Wildman–Crippen LogP) is 1.97. The Morgan fingerprint density at radius 3 is 2.92 bits per heavy atom. The van der Waals surface area contributed by atoms with Gasteiger partial charge in [0, 0.05) is 38.3 Å². The number of aromatic nitrogens is 1. The predicted molar refractivity (Wildman–Crippen MR) is 93.8 cm³/mol. The quantitative estimate of drug-likeness (QED) is 0.784. The Hall–Kier alpha value is -1.83. The Kier molecular flexibility index (Phi) is 5.90. The Balaban J connectivity index is 1.48. The van der Waals surface area contributed by atoms with E-state index < -0.39 is 0 Å². The molecule has 0 unspecified atom stereocenters. The SMILES string of the molecule is O=C(NCCCN1CCNCC1)c1cnc(-c2ccccc2F)s1. The minimum absolute atomic E-state index is 0.143. The van der Waals surface area contributed by atoms with Crippen LogP contribution in [0.3, 0.4) is 0 Å². The normalized spacial score (nSPS) is 15.4. The van der Waals surface area contributed by atoms with Crippen LogP contribution in [-0.4, -0.2) is 55.1 Å². The van der Waals surface area contributed by atoms with Gasteiger partial charge in [0.1, 0.15) is 15.7 Å². The number of hydrogen-bond acceptors (Lipinski definition) is 5. The first-order valence-electron chi connectivity index (χ1n) is 8.16. The van der Waals surface area contributed by atoms with Crippen LogP contribution < -0.4 is 10.6 Å². The van der Waals surface area contributed by atoms with E-state index in [1.807, 2.05) is 0 Å². The second-order valence-electron chi connectivity index (χ2n) is 5.71. The number of thiazole rings is 1. The zero-order valence-electron chi connectivity index (χ0n) is 13.4. The number of carbonyl (C=O) groups excluding carboxylic acids is 1. The number of piperazine rings is 1. The molecule has 7 heteroatoms. The fourth-order valence-electron chi connectivity index (χ4n) is 2.66. The van der Waals surface area contributed by atoms with Crippen LogP contribution >= 0.6 is 11.3 Å². The van der Waals surface area contributed by atoms with Crippen molar-refractivity contribution in [1.82, 2.24) is 20.5 Å². The van der Waals surface area contributed by atoms with E-state index in [0.717, 1.165) is 39.1 Å². The van der Waals surface area contributed by atoms with E-state index in [1.54, 1.807) is 18.2 Å². The lowest BCUT2D eigenvalue weighted by atomic mass is 10.2. The van der Waals surface area contributed by atoms with Crippen molar-refractivity contribution in [1.29, 1.82) is 0 Å². The largest absolute Gasteiger partial charge is 0.351 e. The highest BCUT2D eigenvalue weighted by molar-refractivity contribution is 7.16. The van der Waals surface area contributed by atoms with Gasteiger partial charge in [-0.25, -0.2) is 9.37 Å². The smallest absolute Gasteiger partial charge is 0.263 e. The van der Waals surface area contributed by atoms with E-state index in [2.05, 4.69) is 20.5 Å². The van der Waals surface area contributed by atoms with Gasteiger partial charge in [-0.05, 0) is 25.1 Å². The van der Waals surface area contributed by atoms with Crippen molar-refractivity contribution in [2.75, 3.05) is 39.3 Å². The Morgan fingerprint density at radius 1 is 1.33 bits per heavy atom. The van der Waals surface area contributed by atoms with Crippen LogP contribution in [0, 0.1) is 5.82 Å². The summed E-state index contributed by atoms with van der Waals surface area (Å²) in [5, 5.41) is 6.76. The number of nitrogens with one attached hydrogen (secondary N) is 2. The Labute approximate surface area is 144 Å². The van der Waals surface area contributed by atoms with Crippen LogP contribution in [-0.2, 0) is 0 Å². The summed E-state index contributed by atoms with van der Waals surface area (Å²) in [7, 11) is 0. The molecule has 1 aromatic carbocycles. The molecule has 0 spiro atoms. The van der Waals surface area contributed by atoms with Gasteiger partial charge in [0.15, 0.2) is 0 Å². The van der Waals surface area contributed by atoms with Crippen molar-refractivity contribution in [2.45, 2.75) is 6.42 Å². The minimum atomic E-state index is -0.324. The van der Waals surface area contributed by atoms with Crippen LogP contribution in [0.15, 0.2) is 30.5 Å². The number of rotatable bonds is 6. The van der Waals surface area contributed by atoms with Gasteiger partial charge >= 0.3 is 0 Å². The monoisotopic (exact) mass is 348 g/mol. The van der Waals surface area contributed by atoms with Crippen LogP contribution in [0.2, 0.25) is 0 Å². The van der Waals surface area contributed by atoms with Gasteiger partial charge < -0.3 is 15.5 Å². The molecule has 0 bridgehead atoms. The van der Waals surface area contributed by atoms with E-state index in [4.69, 9.17) is 0 Å². The molecular formula is C17H21FN4OS. The molecule has 1 saturated heterocycles. The number of hydrogen-bond donors (Lipinski definition) is 2. The maximum atomic E-state index is 13.8. The topological polar surface area (TPSA) is 57.3 Å². The third kappa shape index (κ3) is 4.37. The highest BCUT2D eigenvalue weighted by Crippen LogP contribution is 2.27. The number of halogens is 1. The number of amides is 1. The molecular weight excluding hydrogens is 327 g/mol. The minimum Gasteiger partial charge on any atom is -0.351 e. The van der Waals surface area contributed by atoms with Gasteiger partial charge in [0.25, 0.3) is 5.91 Å². The van der Waals surface area contributed by atoms with Crippen LogP contribution in [0.5, 0.6) is 0 Å². The third-order valence-corrected chi connectivity index (χ3v) is 5.01. The summed E-state index contributed by atoms with van der Waals surface area (Å²) >= 11 is 1.21. The summed E-state index contributed by atoms with van der Waals surface area (Å²) in [5.41, 5.74) is 0.431. The highest BCUT2D eigenvalue weighted by Gasteiger charge is 2.14. The summed E-state index contributed by atoms with van der Waals surface area (Å²) in [5.74, 6) is -0.467. The Morgan fingerprint density at radius 2 is 2.12 bits per heavy atom. The summed E-state index contributed by atoms with van der Waals surface area (Å²) in [6, 6.07) is 6.46. The zero-order valence-corrected chi connectivity index (χ0v) is 14.2. The third-order valence-electron chi connectivity index (χ3n) is 3.98. The van der Waals surface area contributed by atoms with E-state index in [0.29, 0.717) is 22.0 Å². The molecule has 0 atom stereocenters. The van der Waals surface area contributed by atoms with Crippen molar-refractivity contribution >= 4 is 17.2 Å². The fourth-order valence-corrected chi connectivity index (χ4v) is 3.52. The molecule has 1 aliphatic rings. The second-order valence-corrected chi connectivity index (χ2v) is 6.74. The molecule has 0 aliphatic carbocycles. The molecule has 2 heterocycles. The molecule has 0 radical (unpaired) electrons. The molecule has 3 rings (SSSR count). The maximum Gasteiger partial charge on any atom is 0.263 e. The first-order chi connectivity index (χ1) is 11.7. The molecule has 0 saturated carbocycles. The maximum absolute atomic E-state index is 13.8. The summed E-state index contributed by atoms with van der Waals surface area (Å²) in [6.07, 6.45) is 2.43. The lowest BCUT2D eigenvalue weighted by Crippen LogP contribution is -2.44. The molecule has 2 N–H and O–H groups in total. The molecule has 1 fully saturated rings. The van der Waals surface area contributed by atoms with E-state index >= 15 is 0 Å². The molecule has 2 aromatic rings. The molecule has 24 heavy (non-hydrogen) atoms. The number of carbonyl (C=O) groups is 1. The summed E-state index contributed by atoms with van der Waals surface area (Å²) in [6.45, 7) is 5.82. The first-order valence-corrected chi connectivity index (χ1v) is 8.98. The van der Waals surface area contributed by atoms with E-state index in [-0.39, 0.29) is 11.7 Å². The molecule has 1 aliphatic heterocycles. The van der Waals surface area contributed by atoms with Gasteiger partial charge in [-0.15, -0.1) is 11.3 Å². The number of benzene rings is 1. The molecule has 1 aromatic heterocycles. The fraction of sp³-hybridized carbons (Fsp3) is 0.412. The van der Waals surface area contributed by atoms with Crippen LogP contribution in [0.25, 0.3) is 10.6 Å². The molecule has 5 nitrogen and oxygen atoms in total. The van der Waals surface area contributed by atoms with Crippen molar-refractivity contribution in [2.24, 2.45) is 0 Å². The van der Waals surface area contributed by atoms with Gasteiger partial charge in [-0.2, -0.15) is 0 Å². The van der Waals surface area contributed by atoms with Gasteiger partial charge in [0.2, 0.25) is 0 Å². The Bertz CT molecular complexity index is 685. The highest BCUT2D eigenvalue weighted by atomic mass is 32.1. The lowest BCUT2D eigenvalue weighted by molar-refractivity contribution is 0.0955. The zero-order chi connectivity index (χ0) is 16.8. The van der Waals surface area contributed by atoms with Crippen molar-refractivity contribution < 1.29 is 9.18 Å². The van der Waals surface area contributed by atoms with E-state index in [1.165, 1.54) is 23.6 Å². The average molecular weight is 348 g/mol. The number of nitrogens with zero attached hydrogens (tertiary/aromatic N) is 2. The standard InChI is InChI=1S/C17H21FN4OS/c18-14-5-2-1-4-13(14)17-21-12-15(24-17)16(23)20-6-3-9-22-10-7-19-8-11-22/h1-2,4-5,12,19H,3,6-11H2,(H,20,23). The van der Waals surface area contributed by atoms with Crippen molar-refractivity contribution in [3.8, 4) is 10.6 Å². The average Bonchev–Trinajstić information content (AvgIpc) is 3.10. The molecule has 128 valence electrons. The van der Waals surface area contributed by atoms with Gasteiger partial charge in [-0.1, -0.05) is 12.1 Å². The van der Waals surface area contributed by atoms with Crippen molar-refractivity contribution in [3.63, 3.8) is 0 Å². The first kappa shape index (κ1) is 17.0. The van der Waals surface area contributed by atoms with Crippen LogP contribution in [0.1, 0.15) is 16.1 Å². The van der Waals surface area contributed by atoms with E-state index in [9.17, 15) is 9.18 Å². The second kappa shape index (κ2) is 8.32.